The Balaban J connectivity index is 2.15. The van der Waals surface area contributed by atoms with Gasteiger partial charge in [-0.25, -0.2) is 0 Å². The minimum atomic E-state index is -0.948. The van der Waals surface area contributed by atoms with Gasteiger partial charge in [0.1, 0.15) is 0 Å². The van der Waals surface area contributed by atoms with Crippen LogP contribution in [0.4, 0.5) is 0 Å². The quantitative estimate of drug-likeness (QED) is 0.928. The molecule has 5 nitrogen and oxygen atoms in total. The lowest BCUT2D eigenvalue weighted by Crippen LogP contribution is -2.39. The van der Waals surface area contributed by atoms with E-state index in [0.717, 1.165) is 5.56 Å². The second kappa shape index (κ2) is 5.46. The van der Waals surface area contributed by atoms with Crippen LogP contribution in [0, 0.1) is 0 Å². The van der Waals surface area contributed by atoms with E-state index in [0.29, 0.717) is 5.76 Å². The summed E-state index contributed by atoms with van der Waals surface area (Å²) < 4.78 is 5.19. The van der Waals surface area contributed by atoms with Gasteiger partial charge in [0.15, 0.2) is 11.5 Å². The highest BCUT2D eigenvalue weighted by atomic mass is 16.5. The van der Waals surface area contributed by atoms with Crippen LogP contribution >= 0.6 is 0 Å². The normalized spacial score (nSPS) is 11.4. The van der Waals surface area contributed by atoms with Crippen molar-refractivity contribution < 1.29 is 14.4 Å². The van der Waals surface area contributed by atoms with Crippen molar-refractivity contribution in [3.05, 3.63) is 42.1 Å². The molecule has 0 saturated carbocycles. The van der Waals surface area contributed by atoms with E-state index in [9.17, 15) is 9.90 Å². The molecule has 0 radical (unpaired) electrons. The van der Waals surface area contributed by atoms with Gasteiger partial charge in [-0.3, -0.25) is 4.79 Å². The Labute approximate surface area is 117 Å². The molecule has 0 aliphatic rings. The van der Waals surface area contributed by atoms with E-state index in [1.807, 2.05) is 30.3 Å². The first-order chi connectivity index (χ1) is 9.37. The van der Waals surface area contributed by atoms with Gasteiger partial charge >= 0.3 is 0 Å². The maximum Gasteiger partial charge on any atom is 0.275 e. The molecule has 0 aliphatic carbocycles. The van der Waals surface area contributed by atoms with Gasteiger partial charge in [-0.1, -0.05) is 35.5 Å². The molecule has 0 unspecified atom stereocenters. The smallest absolute Gasteiger partial charge is 0.275 e. The fourth-order valence-corrected chi connectivity index (χ4v) is 1.96. The van der Waals surface area contributed by atoms with Crippen LogP contribution in [0.15, 0.2) is 40.9 Å². The van der Waals surface area contributed by atoms with Gasteiger partial charge in [-0.05, 0) is 13.8 Å². The van der Waals surface area contributed by atoms with Crippen LogP contribution in [0.1, 0.15) is 24.3 Å². The van der Waals surface area contributed by atoms with E-state index in [-0.39, 0.29) is 18.1 Å². The van der Waals surface area contributed by atoms with E-state index >= 15 is 0 Å². The average Bonchev–Trinajstić information content (AvgIpc) is 2.86. The first kappa shape index (κ1) is 14.3. The highest BCUT2D eigenvalue weighted by Crippen LogP contribution is 2.20. The molecular formula is C15H18N2O3. The predicted molar refractivity (Wildman–Crippen MR) is 75.2 cm³/mol. The van der Waals surface area contributed by atoms with E-state index in [4.69, 9.17) is 4.52 Å². The second-order valence-corrected chi connectivity index (χ2v) is 5.42. The fourth-order valence-electron chi connectivity index (χ4n) is 1.96. The number of hydrogen-bond acceptors (Lipinski definition) is 4. The molecule has 106 valence electrons. The summed E-state index contributed by atoms with van der Waals surface area (Å²) in [6.45, 7) is 3.52. The van der Waals surface area contributed by atoms with Crippen molar-refractivity contribution in [3.63, 3.8) is 0 Å². The minimum absolute atomic E-state index is 0.222. The fraction of sp³-hybridized carbons (Fsp3) is 0.333. The Morgan fingerprint density at radius 1 is 1.35 bits per heavy atom. The molecule has 0 spiro atoms. The zero-order chi connectivity index (χ0) is 14.8. The number of hydrogen-bond donors (Lipinski definition) is 1. The molecule has 0 fully saturated rings. The highest BCUT2D eigenvalue weighted by Gasteiger charge is 2.23. The minimum Gasteiger partial charge on any atom is -0.389 e. The summed E-state index contributed by atoms with van der Waals surface area (Å²) >= 11 is 0. The third-order valence-electron chi connectivity index (χ3n) is 2.76. The molecular weight excluding hydrogens is 256 g/mol. The topological polar surface area (TPSA) is 66.6 Å². The molecule has 20 heavy (non-hydrogen) atoms. The first-order valence-corrected chi connectivity index (χ1v) is 6.37. The lowest BCUT2D eigenvalue weighted by Gasteiger charge is -2.24. The Bertz CT molecular complexity index is 585. The van der Waals surface area contributed by atoms with E-state index in [1.165, 1.54) is 4.90 Å². The van der Waals surface area contributed by atoms with Gasteiger partial charge in [-0.15, -0.1) is 0 Å². The molecule has 5 heteroatoms. The molecule has 0 atom stereocenters. The molecule has 1 N–H and O–H groups in total. The number of amides is 1. The van der Waals surface area contributed by atoms with Gasteiger partial charge in [0.05, 0.1) is 5.60 Å². The second-order valence-electron chi connectivity index (χ2n) is 5.42. The Hall–Kier alpha value is -2.14. The number of carbonyl (C=O) groups is 1. The molecule has 1 amide bonds. The van der Waals surface area contributed by atoms with Crippen LogP contribution in [0.5, 0.6) is 0 Å². The third kappa shape index (κ3) is 3.45. The van der Waals surface area contributed by atoms with Crippen LogP contribution in [-0.4, -0.2) is 40.3 Å². The van der Waals surface area contributed by atoms with Crippen molar-refractivity contribution in [3.8, 4) is 11.3 Å². The van der Waals surface area contributed by atoms with Crippen LogP contribution in [0.3, 0.4) is 0 Å². The van der Waals surface area contributed by atoms with Gasteiger partial charge < -0.3 is 14.5 Å². The SMILES string of the molecule is CN(CC(C)(C)O)C(=O)c1cc(-c2ccccc2)on1. The molecule has 2 aromatic rings. The Morgan fingerprint density at radius 2 is 2.00 bits per heavy atom. The summed E-state index contributed by atoms with van der Waals surface area (Å²) in [5.41, 5.74) is 0.149. The summed E-state index contributed by atoms with van der Waals surface area (Å²) in [5.74, 6) is 0.267. The number of likely N-dealkylation sites (N-methyl/N-ethyl adjacent to an activating group) is 1. The average molecular weight is 274 g/mol. The maximum atomic E-state index is 12.2. The van der Waals surface area contributed by atoms with Crippen molar-refractivity contribution in [2.24, 2.45) is 0 Å². The van der Waals surface area contributed by atoms with E-state index < -0.39 is 5.60 Å². The van der Waals surface area contributed by atoms with Crippen LogP contribution in [-0.2, 0) is 0 Å². The number of aromatic nitrogens is 1. The van der Waals surface area contributed by atoms with Gasteiger partial charge in [0, 0.05) is 25.2 Å². The van der Waals surface area contributed by atoms with Crippen molar-refractivity contribution in [2.75, 3.05) is 13.6 Å². The van der Waals surface area contributed by atoms with Crippen molar-refractivity contribution in [2.45, 2.75) is 19.4 Å². The maximum absolute atomic E-state index is 12.2. The monoisotopic (exact) mass is 274 g/mol. The van der Waals surface area contributed by atoms with Crippen LogP contribution in [0.25, 0.3) is 11.3 Å². The summed E-state index contributed by atoms with van der Waals surface area (Å²) in [4.78, 5) is 13.6. The number of benzene rings is 1. The summed E-state index contributed by atoms with van der Waals surface area (Å²) in [7, 11) is 1.62. The van der Waals surface area contributed by atoms with Gasteiger partial charge in [0.2, 0.25) is 0 Å². The lowest BCUT2D eigenvalue weighted by molar-refractivity contribution is 0.0362. The van der Waals surface area contributed by atoms with E-state index in [2.05, 4.69) is 5.16 Å². The third-order valence-corrected chi connectivity index (χ3v) is 2.76. The molecule has 0 saturated heterocycles. The molecule has 1 aromatic carbocycles. The van der Waals surface area contributed by atoms with Crippen LogP contribution < -0.4 is 0 Å². The van der Waals surface area contributed by atoms with Crippen molar-refractivity contribution >= 4 is 5.91 Å². The van der Waals surface area contributed by atoms with Crippen LogP contribution in [0.2, 0.25) is 0 Å². The summed E-state index contributed by atoms with van der Waals surface area (Å²) in [6.07, 6.45) is 0. The predicted octanol–water partition coefficient (Wildman–Crippen LogP) is 2.18. The Morgan fingerprint density at radius 3 is 2.60 bits per heavy atom. The van der Waals surface area contributed by atoms with Gasteiger partial charge in [-0.2, -0.15) is 0 Å². The molecule has 2 rings (SSSR count). The number of nitrogens with zero attached hydrogens (tertiary/aromatic N) is 2. The van der Waals surface area contributed by atoms with Crippen molar-refractivity contribution in [1.82, 2.24) is 10.1 Å². The zero-order valence-electron chi connectivity index (χ0n) is 11.8. The standard InChI is InChI=1S/C15H18N2O3/c1-15(2,19)10-17(3)14(18)12-9-13(20-16-12)11-7-5-4-6-8-11/h4-9,19H,10H2,1-3H3. The zero-order valence-corrected chi connectivity index (χ0v) is 11.8. The molecule has 0 bridgehead atoms. The lowest BCUT2D eigenvalue weighted by atomic mass is 10.1. The molecule has 0 aliphatic heterocycles. The number of carbonyl (C=O) groups excluding carboxylic acids is 1. The van der Waals surface area contributed by atoms with E-state index in [1.54, 1.807) is 27.0 Å². The van der Waals surface area contributed by atoms with Gasteiger partial charge in [0.25, 0.3) is 5.91 Å². The Kier molecular flexibility index (Phi) is 3.90. The highest BCUT2D eigenvalue weighted by molar-refractivity contribution is 5.93. The summed E-state index contributed by atoms with van der Waals surface area (Å²) in [6, 6.07) is 11.1. The largest absolute Gasteiger partial charge is 0.389 e. The molecule has 1 heterocycles. The first-order valence-electron chi connectivity index (χ1n) is 6.37. The number of aliphatic hydroxyl groups is 1. The van der Waals surface area contributed by atoms with Crippen molar-refractivity contribution in [1.29, 1.82) is 0 Å². The molecule has 1 aromatic heterocycles. The number of rotatable bonds is 4. The summed E-state index contributed by atoms with van der Waals surface area (Å²) in [5, 5.41) is 13.5.